The number of hydrogen-bond donors (Lipinski definition) is 0. The summed E-state index contributed by atoms with van der Waals surface area (Å²) < 4.78 is 62.9. The molecule has 3 aliphatic heterocycles. The highest BCUT2D eigenvalue weighted by Gasteiger charge is 2.36. The summed E-state index contributed by atoms with van der Waals surface area (Å²) in [7, 11) is -1.59. The highest BCUT2D eigenvalue weighted by molar-refractivity contribution is 7.86. The van der Waals surface area contributed by atoms with Crippen molar-refractivity contribution in [1.82, 2.24) is 29.0 Å². The molecular formula is C35H42N8O7S2. The number of pyridine rings is 3. The van der Waals surface area contributed by atoms with Crippen LogP contribution in [-0.4, -0.2) is 117 Å². The number of piperidine rings is 1. The van der Waals surface area contributed by atoms with Gasteiger partial charge >= 0.3 is 0 Å². The number of amides is 1. The highest BCUT2D eigenvalue weighted by atomic mass is 32.2. The Labute approximate surface area is 302 Å². The highest BCUT2D eigenvalue weighted by Crippen LogP contribution is 2.37. The average molecular weight is 751 g/mol. The second-order valence-corrected chi connectivity index (χ2v) is 17.6. The first-order valence-electron chi connectivity index (χ1n) is 17.4. The lowest BCUT2D eigenvalue weighted by atomic mass is 9.90. The predicted molar refractivity (Wildman–Crippen MR) is 198 cm³/mol. The molecule has 1 amide bonds. The molecule has 5 aromatic heterocycles. The number of anilines is 2. The number of aryl methyl sites for hydroxylation is 2. The largest absolute Gasteiger partial charge is 0.356 e. The van der Waals surface area contributed by atoms with Crippen molar-refractivity contribution in [2.75, 3.05) is 68.7 Å². The molecule has 8 rings (SSSR count). The van der Waals surface area contributed by atoms with E-state index in [4.69, 9.17) is 23.3 Å². The zero-order chi connectivity index (χ0) is 36.7. The van der Waals surface area contributed by atoms with Gasteiger partial charge in [0.25, 0.3) is 26.1 Å². The molecule has 2 fully saturated rings. The van der Waals surface area contributed by atoms with E-state index in [1.807, 2.05) is 71.7 Å². The number of rotatable bonds is 8. The minimum atomic E-state index is -3.80. The van der Waals surface area contributed by atoms with Crippen molar-refractivity contribution in [3.8, 4) is 0 Å². The Balaban J connectivity index is 1.07. The Bertz CT molecular complexity index is 2480. The number of likely N-dealkylation sites (N-methyl/N-ethyl adjacent to an activating group) is 1. The Morgan fingerprint density at radius 3 is 2.19 bits per heavy atom. The molecule has 52 heavy (non-hydrogen) atoms. The van der Waals surface area contributed by atoms with Crippen molar-refractivity contribution in [3.63, 3.8) is 0 Å². The van der Waals surface area contributed by atoms with Crippen LogP contribution in [0.2, 0.25) is 0 Å². The van der Waals surface area contributed by atoms with Crippen LogP contribution in [0.15, 0.2) is 36.5 Å². The third kappa shape index (κ3) is 6.26. The maximum Gasteiger partial charge on any atom is 0.264 e. The van der Waals surface area contributed by atoms with E-state index >= 15 is 0 Å². The lowest BCUT2D eigenvalue weighted by molar-refractivity contribution is 0.0781. The summed E-state index contributed by atoms with van der Waals surface area (Å²) in [5.74, 6) is 1.29. The van der Waals surface area contributed by atoms with Crippen molar-refractivity contribution >= 4 is 70.7 Å². The third-order valence-corrected chi connectivity index (χ3v) is 12.0. The number of carbonyl (C=O) groups excluding carboxylic acids is 1. The molecule has 2 saturated heterocycles. The van der Waals surface area contributed by atoms with Gasteiger partial charge in [-0.05, 0) is 43.2 Å². The van der Waals surface area contributed by atoms with Crippen LogP contribution in [0.5, 0.6) is 0 Å². The van der Waals surface area contributed by atoms with Crippen molar-refractivity contribution in [2.45, 2.75) is 31.3 Å². The maximum absolute atomic E-state index is 13.0. The van der Waals surface area contributed by atoms with Gasteiger partial charge in [0.15, 0.2) is 0 Å². The van der Waals surface area contributed by atoms with Crippen molar-refractivity contribution in [1.29, 1.82) is 0 Å². The number of fused-ring (bicyclic) bond motifs is 6. The van der Waals surface area contributed by atoms with Gasteiger partial charge < -0.3 is 23.8 Å². The van der Waals surface area contributed by atoms with E-state index in [1.165, 1.54) is 0 Å². The Kier molecular flexibility index (Phi) is 8.47. The molecule has 0 aliphatic carbocycles. The minimum Gasteiger partial charge on any atom is -0.356 e. The van der Waals surface area contributed by atoms with Gasteiger partial charge in [0.05, 0.1) is 30.2 Å². The first kappa shape index (κ1) is 34.7. The molecule has 3 atom stereocenters. The zero-order valence-corrected chi connectivity index (χ0v) is 31.4. The summed E-state index contributed by atoms with van der Waals surface area (Å²) in [6.07, 6.45) is 5.40. The molecule has 3 aliphatic rings. The SMILES string of the molecule is CN1CCc2c(c3ccc(N4CCC(c5cc6c(cn5)c5ccc(N7CCC(COS(C)(=O)=O)C7)nc5n6C)C(OS(C)(=O)=O)C4)nc3n2C)C1=O. The van der Waals surface area contributed by atoms with Gasteiger partial charge in [-0.2, -0.15) is 16.8 Å². The van der Waals surface area contributed by atoms with Crippen LogP contribution in [0.3, 0.4) is 0 Å². The van der Waals surface area contributed by atoms with Gasteiger partial charge in [-0.25, -0.2) is 9.97 Å². The van der Waals surface area contributed by atoms with Crippen molar-refractivity contribution < 1.29 is 30.0 Å². The summed E-state index contributed by atoms with van der Waals surface area (Å²) in [5.41, 5.74) is 4.84. The summed E-state index contributed by atoms with van der Waals surface area (Å²) in [6.45, 7) is 3.10. The molecule has 0 N–H and O–H groups in total. The van der Waals surface area contributed by atoms with Gasteiger partial charge in [0.1, 0.15) is 29.0 Å². The zero-order valence-electron chi connectivity index (χ0n) is 29.8. The van der Waals surface area contributed by atoms with Crippen LogP contribution in [0, 0.1) is 5.92 Å². The first-order valence-corrected chi connectivity index (χ1v) is 21.0. The number of carbonyl (C=O) groups is 1. The standard InChI is InChI=1S/C35H42N8O7S2/c1-39-13-12-27-32(35(39)44)24-7-9-31(38-34(24)40(27)2)43-15-11-23(29(19-43)50-52(5,47)48)26-16-28-25(17-36-26)22-6-8-30(37-33(22)41(28)3)42-14-10-21(18-42)20-49-51(4,45)46/h6-9,16-17,21,23,29H,10-15,18-20H2,1-5H3. The molecular weight excluding hydrogens is 709 g/mol. The monoisotopic (exact) mass is 750 g/mol. The fourth-order valence-corrected chi connectivity index (χ4v) is 9.22. The minimum absolute atomic E-state index is 0.00472. The average Bonchev–Trinajstić information content (AvgIpc) is 3.77. The van der Waals surface area contributed by atoms with E-state index in [2.05, 4.69) is 4.90 Å². The lowest BCUT2D eigenvalue weighted by Crippen LogP contribution is -2.45. The van der Waals surface area contributed by atoms with Crippen LogP contribution in [0.4, 0.5) is 11.6 Å². The lowest BCUT2D eigenvalue weighted by Gasteiger charge is -2.38. The molecule has 3 unspecified atom stereocenters. The van der Waals surface area contributed by atoms with Crippen LogP contribution in [-0.2, 0) is 49.1 Å². The first-order chi connectivity index (χ1) is 24.6. The molecule has 5 aromatic rings. The van der Waals surface area contributed by atoms with Crippen LogP contribution in [0.25, 0.3) is 33.0 Å². The molecule has 0 spiro atoms. The number of nitrogens with zero attached hydrogens (tertiary/aromatic N) is 8. The molecule has 0 bridgehead atoms. The summed E-state index contributed by atoms with van der Waals surface area (Å²) >= 11 is 0. The van der Waals surface area contributed by atoms with Crippen LogP contribution in [0.1, 0.15) is 40.5 Å². The normalized spacial score (nSPS) is 21.6. The van der Waals surface area contributed by atoms with E-state index in [0.717, 1.165) is 82.1 Å². The molecule has 15 nitrogen and oxygen atoms in total. The van der Waals surface area contributed by atoms with Gasteiger partial charge in [-0.3, -0.25) is 18.1 Å². The second kappa shape index (κ2) is 12.7. The molecule has 0 radical (unpaired) electrons. The van der Waals surface area contributed by atoms with Gasteiger partial charge in [-0.1, -0.05) is 0 Å². The third-order valence-electron chi connectivity index (χ3n) is 10.8. The predicted octanol–water partition coefficient (Wildman–Crippen LogP) is 2.78. The molecule has 8 heterocycles. The van der Waals surface area contributed by atoms with E-state index in [-0.39, 0.29) is 30.9 Å². The molecule has 276 valence electrons. The van der Waals surface area contributed by atoms with Gasteiger partial charge in [-0.15, -0.1) is 0 Å². The smallest absolute Gasteiger partial charge is 0.264 e. The summed E-state index contributed by atoms with van der Waals surface area (Å²) in [6, 6.07) is 9.87. The molecule has 0 saturated carbocycles. The summed E-state index contributed by atoms with van der Waals surface area (Å²) in [4.78, 5) is 33.8. The van der Waals surface area contributed by atoms with Crippen molar-refractivity contribution in [2.24, 2.45) is 20.0 Å². The van der Waals surface area contributed by atoms with E-state index in [1.54, 1.807) is 4.90 Å². The Morgan fingerprint density at radius 1 is 0.808 bits per heavy atom. The van der Waals surface area contributed by atoms with E-state index in [9.17, 15) is 21.6 Å². The van der Waals surface area contributed by atoms with Gasteiger partial charge in [0, 0.05) is 106 Å². The Hall–Kier alpha value is -4.32. The molecule has 0 aromatic carbocycles. The maximum atomic E-state index is 13.0. The summed E-state index contributed by atoms with van der Waals surface area (Å²) in [5, 5.41) is 2.70. The fourth-order valence-electron chi connectivity index (χ4n) is 8.14. The number of hydrogen-bond acceptors (Lipinski definition) is 12. The quantitative estimate of drug-likeness (QED) is 0.214. The van der Waals surface area contributed by atoms with Crippen LogP contribution >= 0.6 is 0 Å². The van der Waals surface area contributed by atoms with Gasteiger partial charge in [0.2, 0.25) is 0 Å². The topological polar surface area (TPSA) is 162 Å². The fraction of sp³-hybridized carbons (Fsp3) is 0.486. The number of aromatic nitrogens is 5. The van der Waals surface area contributed by atoms with Crippen LogP contribution < -0.4 is 9.80 Å². The molecule has 17 heteroatoms. The van der Waals surface area contributed by atoms with E-state index < -0.39 is 26.3 Å². The van der Waals surface area contributed by atoms with Crippen molar-refractivity contribution in [3.05, 3.63) is 53.5 Å². The second-order valence-electron chi connectivity index (χ2n) is 14.4. The Morgan fingerprint density at radius 2 is 1.48 bits per heavy atom. The van der Waals surface area contributed by atoms with E-state index in [0.29, 0.717) is 37.4 Å².